The molecular weight excluding hydrogens is 328 g/mol. The molecule has 0 saturated heterocycles. The molecule has 0 radical (unpaired) electrons. The summed E-state index contributed by atoms with van der Waals surface area (Å²) in [5, 5.41) is 0.632. The summed E-state index contributed by atoms with van der Waals surface area (Å²) < 4.78 is 5.41. The molecule has 4 heteroatoms. The molecule has 0 spiro atoms. The normalized spacial score (nSPS) is 11.3. The van der Waals surface area contributed by atoms with Crippen LogP contribution in [0.4, 0.5) is 0 Å². The smallest absolute Gasteiger partial charge is 0.310 e. The first-order chi connectivity index (χ1) is 10.8. The minimum absolute atomic E-state index is 0.231. The van der Waals surface area contributed by atoms with Gasteiger partial charge < -0.3 is 4.74 Å². The fourth-order valence-corrected chi connectivity index (χ4v) is 3.29. The second kappa shape index (κ2) is 7.89. The Labute approximate surface area is 147 Å². The average Bonchev–Trinajstić information content (AvgIpc) is 2.45. The van der Waals surface area contributed by atoms with E-state index in [9.17, 15) is 4.79 Å². The monoisotopic (exact) mass is 348 g/mol. The minimum atomic E-state index is -0.479. The third-order valence-electron chi connectivity index (χ3n) is 3.01. The standard InChI is InChI=1S/C19H21ClO2S/c1-19(2,3)22-18(21)12-15-11-16(20)9-10-17(15)23-13-14-7-5-4-6-8-14/h4-11H,12-13H2,1-3H3. The molecule has 2 aromatic rings. The maximum absolute atomic E-state index is 12.1. The second-order valence-electron chi connectivity index (χ2n) is 6.29. The lowest BCUT2D eigenvalue weighted by Gasteiger charge is -2.20. The maximum atomic E-state index is 12.1. The Bertz CT molecular complexity index is 663. The van der Waals surface area contributed by atoms with Crippen LogP contribution in [0.2, 0.25) is 5.02 Å². The molecule has 0 fully saturated rings. The third kappa shape index (κ3) is 6.28. The summed E-state index contributed by atoms with van der Waals surface area (Å²) >= 11 is 7.79. The molecule has 0 N–H and O–H groups in total. The van der Waals surface area contributed by atoms with Crippen LogP contribution >= 0.6 is 23.4 Å². The van der Waals surface area contributed by atoms with Crippen molar-refractivity contribution in [2.24, 2.45) is 0 Å². The Morgan fingerprint density at radius 2 is 1.83 bits per heavy atom. The third-order valence-corrected chi connectivity index (χ3v) is 4.44. The van der Waals surface area contributed by atoms with Crippen LogP contribution in [-0.2, 0) is 21.7 Å². The number of hydrogen-bond donors (Lipinski definition) is 0. The number of hydrogen-bond acceptors (Lipinski definition) is 3. The van der Waals surface area contributed by atoms with Crippen molar-refractivity contribution >= 4 is 29.3 Å². The molecule has 0 unspecified atom stereocenters. The molecule has 0 aromatic heterocycles. The van der Waals surface area contributed by atoms with Crippen molar-refractivity contribution < 1.29 is 9.53 Å². The fourth-order valence-electron chi connectivity index (χ4n) is 2.10. The van der Waals surface area contributed by atoms with Crippen molar-refractivity contribution in [3.63, 3.8) is 0 Å². The Kier molecular flexibility index (Phi) is 6.14. The number of esters is 1. The Morgan fingerprint density at radius 3 is 2.48 bits per heavy atom. The molecule has 122 valence electrons. The van der Waals surface area contributed by atoms with E-state index in [0.29, 0.717) is 5.02 Å². The summed E-state index contributed by atoms with van der Waals surface area (Å²) in [5.74, 6) is 0.616. The highest BCUT2D eigenvalue weighted by atomic mass is 35.5. The summed E-state index contributed by atoms with van der Waals surface area (Å²) in [6.07, 6.45) is 0.231. The summed E-state index contributed by atoms with van der Waals surface area (Å²) in [7, 11) is 0. The molecule has 23 heavy (non-hydrogen) atoms. The molecule has 0 saturated carbocycles. The van der Waals surface area contributed by atoms with Gasteiger partial charge in [-0.15, -0.1) is 11.8 Å². The van der Waals surface area contributed by atoms with Crippen molar-refractivity contribution in [1.29, 1.82) is 0 Å². The summed E-state index contributed by atoms with van der Waals surface area (Å²) in [4.78, 5) is 13.2. The van der Waals surface area contributed by atoms with Crippen LogP contribution in [0.5, 0.6) is 0 Å². The zero-order valence-electron chi connectivity index (χ0n) is 13.6. The van der Waals surface area contributed by atoms with Crippen LogP contribution in [0, 0.1) is 0 Å². The van der Waals surface area contributed by atoms with Crippen LogP contribution in [0.1, 0.15) is 31.9 Å². The number of carbonyl (C=O) groups is 1. The predicted octanol–water partition coefficient (Wildman–Crippen LogP) is 5.52. The zero-order valence-corrected chi connectivity index (χ0v) is 15.2. The van der Waals surface area contributed by atoms with Crippen molar-refractivity contribution in [1.82, 2.24) is 0 Å². The lowest BCUT2D eigenvalue weighted by Crippen LogP contribution is -2.25. The van der Waals surface area contributed by atoms with Gasteiger partial charge in [-0.3, -0.25) is 4.79 Å². The molecule has 2 rings (SSSR count). The summed E-state index contributed by atoms with van der Waals surface area (Å²) in [5.41, 5.74) is 1.68. The van der Waals surface area contributed by atoms with E-state index >= 15 is 0 Å². The zero-order chi connectivity index (χ0) is 16.9. The number of benzene rings is 2. The van der Waals surface area contributed by atoms with E-state index in [1.165, 1.54) is 5.56 Å². The van der Waals surface area contributed by atoms with Crippen LogP contribution in [-0.4, -0.2) is 11.6 Å². The van der Waals surface area contributed by atoms with Crippen molar-refractivity contribution in [2.75, 3.05) is 0 Å². The molecule has 0 amide bonds. The molecule has 0 bridgehead atoms. The molecular formula is C19H21ClO2S. The lowest BCUT2D eigenvalue weighted by molar-refractivity contribution is -0.153. The molecule has 0 aliphatic carbocycles. The highest BCUT2D eigenvalue weighted by molar-refractivity contribution is 7.98. The topological polar surface area (TPSA) is 26.3 Å². The summed E-state index contributed by atoms with van der Waals surface area (Å²) in [6.45, 7) is 5.61. The van der Waals surface area contributed by atoms with Crippen LogP contribution in [0.25, 0.3) is 0 Å². The Balaban J connectivity index is 2.09. The molecule has 2 aromatic carbocycles. The predicted molar refractivity (Wildman–Crippen MR) is 97.0 cm³/mol. The number of halogens is 1. The van der Waals surface area contributed by atoms with E-state index < -0.39 is 5.60 Å². The number of rotatable bonds is 5. The van der Waals surface area contributed by atoms with Gasteiger partial charge in [-0.1, -0.05) is 41.9 Å². The number of thioether (sulfide) groups is 1. The van der Waals surface area contributed by atoms with Crippen LogP contribution in [0.15, 0.2) is 53.4 Å². The number of carbonyl (C=O) groups excluding carboxylic acids is 1. The molecule has 0 heterocycles. The van der Waals surface area contributed by atoms with E-state index in [4.69, 9.17) is 16.3 Å². The van der Waals surface area contributed by atoms with Gasteiger partial charge in [-0.05, 0) is 50.1 Å². The largest absolute Gasteiger partial charge is 0.460 e. The van der Waals surface area contributed by atoms with Gasteiger partial charge in [0.2, 0.25) is 0 Å². The van der Waals surface area contributed by atoms with Gasteiger partial charge in [0.25, 0.3) is 0 Å². The first-order valence-corrected chi connectivity index (χ1v) is 8.87. The lowest BCUT2D eigenvalue weighted by atomic mass is 10.1. The first kappa shape index (κ1) is 17.9. The van der Waals surface area contributed by atoms with E-state index in [2.05, 4.69) is 12.1 Å². The van der Waals surface area contributed by atoms with Gasteiger partial charge in [-0.2, -0.15) is 0 Å². The highest BCUT2D eigenvalue weighted by Crippen LogP contribution is 2.29. The van der Waals surface area contributed by atoms with Gasteiger partial charge in [0, 0.05) is 15.7 Å². The Morgan fingerprint density at radius 1 is 1.13 bits per heavy atom. The van der Waals surface area contributed by atoms with Gasteiger partial charge >= 0.3 is 5.97 Å². The van der Waals surface area contributed by atoms with Gasteiger partial charge in [-0.25, -0.2) is 0 Å². The average molecular weight is 349 g/mol. The van der Waals surface area contributed by atoms with Gasteiger partial charge in [0.15, 0.2) is 0 Å². The first-order valence-electron chi connectivity index (χ1n) is 7.50. The van der Waals surface area contributed by atoms with Crippen molar-refractivity contribution in [3.8, 4) is 0 Å². The van der Waals surface area contributed by atoms with Crippen LogP contribution in [0.3, 0.4) is 0 Å². The fraction of sp³-hybridized carbons (Fsp3) is 0.316. The maximum Gasteiger partial charge on any atom is 0.310 e. The van der Waals surface area contributed by atoms with E-state index in [1.54, 1.807) is 11.8 Å². The number of ether oxygens (including phenoxy) is 1. The molecule has 0 atom stereocenters. The SMILES string of the molecule is CC(C)(C)OC(=O)Cc1cc(Cl)ccc1SCc1ccccc1. The van der Waals surface area contributed by atoms with Crippen LogP contribution < -0.4 is 0 Å². The Hall–Kier alpha value is -1.45. The quantitative estimate of drug-likeness (QED) is 0.526. The van der Waals surface area contributed by atoms with Gasteiger partial charge in [0.05, 0.1) is 6.42 Å². The molecule has 0 aliphatic rings. The van der Waals surface area contributed by atoms with Gasteiger partial charge in [0.1, 0.15) is 5.60 Å². The molecule has 2 nitrogen and oxygen atoms in total. The second-order valence-corrected chi connectivity index (χ2v) is 7.74. The molecule has 0 aliphatic heterocycles. The van der Waals surface area contributed by atoms with E-state index in [1.807, 2.05) is 57.2 Å². The van der Waals surface area contributed by atoms with E-state index in [0.717, 1.165) is 16.2 Å². The van der Waals surface area contributed by atoms with Crippen molar-refractivity contribution in [2.45, 2.75) is 43.4 Å². The summed E-state index contributed by atoms with van der Waals surface area (Å²) in [6, 6.07) is 15.9. The minimum Gasteiger partial charge on any atom is -0.460 e. The highest BCUT2D eigenvalue weighted by Gasteiger charge is 2.18. The van der Waals surface area contributed by atoms with E-state index in [-0.39, 0.29) is 12.4 Å². The van der Waals surface area contributed by atoms with Crippen molar-refractivity contribution in [3.05, 3.63) is 64.7 Å².